The second-order valence-electron chi connectivity index (χ2n) is 8.50. The van der Waals surface area contributed by atoms with Gasteiger partial charge in [0, 0.05) is 38.3 Å². The fourth-order valence-electron chi connectivity index (χ4n) is 4.31. The van der Waals surface area contributed by atoms with E-state index in [2.05, 4.69) is 10.2 Å². The molecule has 26 heavy (non-hydrogen) atoms. The van der Waals surface area contributed by atoms with Crippen molar-refractivity contribution < 1.29 is 9.59 Å². The minimum absolute atomic E-state index is 0.00887. The molecule has 0 bridgehead atoms. The summed E-state index contributed by atoms with van der Waals surface area (Å²) in [6.07, 6.45) is 6.24. The van der Waals surface area contributed by atoms with Gasteiger partial charge >= 0.3 is 6.03 Å². The topological polar surface area (TPSA) is 52.7 Å². The first-order chi connectivity index (χ1) is 12.5. The Hall–Kier alpha value is -2.04. The molecule has 1 aromatic carbocycles. The smallest absolute Gasteiger partial charge is 0.321 e. The lowest BCUT2D eigenvalue weighted by atomic mass is 9.72. The van der Waals surface area contributed by atoms with Gasteiger partial charge in [-0.15, -0.1) is 0 Å². The Balaban J connectivity index is 1.32. The molecule has 1 aromatic rings. The van der Waals surface area contributed by atoms with Gasteiger partial charge < -0.3 is 15.1 Å². The van der Waals surface area contributed by atoms with Crippen LogP contribution in [0.4, 0.5) is 10.5 Å². The normalized spacial score (nSPS) is 22.6. The lowest BCUT2D eigenvalue weighted by Crippen LogP contribution is -2.53. The third-order valence-electron chi connectivity index (χ3n) is 6.34. The van der Waals surface area contributed by atoms with Crippen molar-refractivity contribution in [3.63, 3.8) is 0 Å². The molecule has 1 N–H and O–H groups in total. The van der Waals surface area contributed by atoms with Crippen LogP contribution in [0, 0.1) is 18.3 Å². The Labute approximate surface area is 155 Å². The van der Waals surface area contributed by atoms with E-state index >= 15 is 0 Å². The number of benzene rings is 1. The summed E-state index contributed by atoms with van der Waals surface area (Å²) in [6.45, 7) is 5.46. The van der Waals surface area contributed by atoms with Gasteiger partial charge in [-0.3, -0.25) is 4.79 Å². The molecule has 2 saturated heterocycles. The van der Waals surface area contributed by atoms with Gasteiger partial charge in [-0.1, -0.05) is 17.7 Å². The number of carbonyl (C=O) groups excluding carboxylic acids is 2. The van der Waals surface area contributed by atoms with Crippen LogP contribution in [-0.4, -0.2) is 47.9 Å². The van der Waals surface area contributed by atoms with Crippen LogP contribution in [0.3, 0.4) is 0 Å². The Morgan fingerprint density at radius 1 is 1.15 bits per heavy atom. The molecule has 5 nitrogen and oxygen atoms in total. The molecule has 4 rings (SSSR count). The monoisotopic (exact) mass is 355 g/mol. The first-order valence-corrected chi connectivity index (χ1v) is 9.93. The molecule has 3 fully saturated rings. The first-order valence-electron chi connectivity index (χ1n) is 9.93. The molecule has 0 radical (unpaired) electrons. The van der Waals surface area contributed by atoms with E-state index in [1.807, 2.05) is 36.1 Å². The van der Waals surface area contributed by atoms with Crippen LogP contribution in [0.2, 0.25) is 0 Å². The Morgan fingerprint density at radius 2 is 1.85 bits per heavy atom. The van der Waals surface area contributed by atoms with E-state index in [1.165, 1.54) is 18.4 Å². The van der Waals surface area contributed by atoms with Crippen molar-refractivity contribution in [3.05, 3.63) is 29.8 Å². The average Bonchev–Trinajstić information content (AvgIpc) is 3.45. The lowest BCUT2D eigenvalue weighted by Gasteiger charge is -2.47. The zero-order valence-electron chi connectivity index (χ0n) is 15.7. The highest BCUT2D eigenvalue weighted by Gasteiger charge is 2.42. The Kier molecular flexibility index (Phi) is 4.63. The minimum Gasteiger partial charge on any atom is -0.342 e. The van der Waals surface area contributed by atoms with Crippen molar-refractivity contribution in [3.8, 4) is 0 Å². The maximum atomic E-state index is 12.5. The number of hydrogen-bond donors (Lipinski definition) is 1. The van der Waals surface area contributed by atoms with Gasteiger partial charge in [-0.25, -0.2) is 4.79 Å². The highest BCUT2D eigenvalue weighted by atomic mass is 16.2. The van der Waals surface area contributed by atoms with E-state index in [4.69, 9.17) is 0 Å². The summed E-state index contributed by atoms with van der Waals surface area (Å²) < 4.78 is 0. The number of nitrogens with zero attached hydrogens (tertiary/aromatic N) is 2. The Morgan fingerprint density at radius 3 is 2.50 bits per heavy atom. The summed E-state index contributed by atoms with van der Waals surface area (Å²) in [6, 6.07) is 7.90. The molecule has 2 aliphatic heterocycles. The van der Waals surface area contributed by atoms with Crippen molar-refractivity contribution in [1.29, 1.82) is 0 Å². The van der Waals surface area contributed by atoms with Crippen molar-refractivity contribution in [2.24, 2.45) is 11.3 Å². The molecule has 0 unspecified atom stereocenters. The maximum absolute atomic E-state index is 12.5. The predicted molar refractivity (Wildman–Crippen MR) is 102 cm³/mol. The summed E-state index contributed by atoms with van der Waals surface area (Å²) in [5, 5.41) is 3.00. The van der Waals surface area contributed by atoms with E-state index in [-0.39, 0.29) is 11.4 Å². The zero-order valence-corrected chi connectivity index (χ0v) is 15.7. The molecule has 140 valence electrons. The van der Waals surface area contributed by atoms with Crippen molar-refractivity contribution in [1.82, 2.24) is 9.80 Å². The fourth-order valence-corrected chi connectivity index (χ4v) is 4.31. The summed E-state index contributed by atoms with van der Waals surface area (Å²) in [4.78, 5) is 28.8. The molecule has 1 aliphatic carbocycles. The molecule has 0 atom stereocenters. The van der Waals surface area contributed by atoms with Crippen LogP contribution in [0.25, 0.3) is 0 Å². The van der Waals surface area contributed by atoms with E-state index in [9.17, 15) is 9.59 Å². The number of anilines is 1. The number of piperidine rings is 2. The zero-order chi connectivity index (χ0) is 18.1. The fraction of sp³-hybridized carbons (Fsp3) is 0.619. The number of amides is 3. The standard InChI is InChI=1S/C21H29N3O2/c1-16-2-6-18(7-3-16)22-20(26)23-12-10-21(11-13-23)9-8-19(25)24(15-21)14-17-4-5-17/h2-3,6-7,17H,4-5,8-15H2,1H3,(H,22,26). The molecule has 1 saturated carbocycles. The average molecular weight is 355 g/mol. The van der Waals surface area contributed by atoms with E-state index in [0.29, 0.717) is 12.3 Å². The van der Waals surface area contributed by atoms with Gasteiger partial charge in [-0.2, -0.15) is 0 Å². The number of carbonyl (C=O) groups is 2. The molecule has 3 amide bonds. The van der Waals surface area contributed by atoms with E-state index in [0.717, 1.165) is 57.0 Å². The van der Waals surface area contributed by atoms with Crippen molar-refractivity contribution in [2.75, 3.05) is 31.5 Å². The van der Waals surface area contributed by atoms with Gasteiger partial charge in [-0.05, 0) is 62.5 Å². The third kappa shape index (κ3) is 3.87. The summed E-state index contributed by atoms with van der Waals surface area (Å²) in [5.74, 6) is 1.08. The van der Waals surface area contributed by atoms with Gasteiger partial charge in [0.25, 0.3) is 0 Å². The largest absolute Gasteiger partial charge is 0.342 e. The molecule has 1 spiro atoms. The quantitative estimate of drug-likeness (QED) is 0.900. The number of nitrogens with one attached hydrogen (secondary N) is 1. The second kappa shape index (κ2) is 6.93. The lowest BCUT2D eigenvalue weighted by molar-refractivity contribution is -0.139. The summed E-state index contributed by atoms with van der Waals surface area (Å²) in [7, 11) is 0. The SMILES string of the molecule is Cc1ccc(NC(=O)N2CCC3(CCC(=O)N(CC4CC4)C3)CC2)cc1. The van der Waals surface area contributed by atoms with Crippen LogP contribution >= 0.6 is 0 Å². The molecule has 2 heterocycles. The molecular weight excluding hydrogens is 326 g/mol. The van der Waals surface area contributed by atoms with Gasteiger partial charge in [0.1, 0.15) is 0 Å². The molecule has 3 aliphatic rings. The van der Waals surface area contributed by atoms with Crippen molar-refractivity contribution >= 4 is 17.6 Å². The van der Waals surface area contributed by atoms with Crippen LogP contribution < -0.4 is 5.32 Å². The summed E-state index contributed by atoms with van der Waals surface area (Å²) in [5.41, 5.74) is 2.26. The van der Waals surface area contributed by atoms with Gasteiger partial charge in [0.05, 0.1) is 0 Å². The predicted octanol–water partition coefficient (Wildman–Crippen LogP) is 3.64. The highest BCUT2D eigenvalue weighted by Crippen LogP contribution is 2.41. The van der Waals surface area contributed by atoms with Gasteiger partial charge in [0.15, 0.2) is 0 Å². The van der Waals surface area contributed by atoms with Crippen LogP contribution in [0.5, 0.6) is 0 Å². The molecule has 5 heteroatoms. The number of urea groups is 1. The number of likely N-dealkylation sites (tertiary alicyclic amines) is 2. The molecule has 0 aromatic heterocycles. The van der Waals surface area contributed by atoms with Crippen LogP contribution in [0.1, 0.15) is 44.1 Å². The Bertz CT molecular complexity index is 673. The third-order valence-corrected chi connectivity index (χ3v) is 6.34. The number of rotatable bonds is 3. The van der Waals surface area contributed by atoms with E-state index < -0.39 is 0 Å². The van der Waals surface area contributed by atoms with Gasteiger partial charge in [0.2, 0.25) is 5.91 Å². The summed E-state index contributed by atoms with van der Waals surface area (Å²) >= 11 is 0. The van der Waals surface area contributed by atoms with E-state index in [1.54, 1.807) is 0 Å². The second-order valence-corrected chi connectivity index (χ2v) is 8.50. The van der Waals surface area contributed by atoms with Crippen LogP contribution in [0.15, 0.2) is 24.3 Å². The van der Waals surface area contributed by atoms with Crippen molar-refractivity contribution in [2.45, 2.75) is 45.4 Å². The number of hydrogen-bond acceptors (Lipinski definition) is 2. The first kappa shape index (κ1) is 17.4. The minimum atomic E-state index is -0.00887. The highest BCUT2D eigenvalue weighted by molar-refractivity contribution is 5.89. The number of aryl methyl sites for hydroxylation is 1. The maximum Gasteiger partial charge on any atom is 0.321 e. The van der Waals surface area contributed by atoms with Crippen LogP contribution in [-0.2, 0) is 4.79 Å². The molecular formula is C21H29N3O2.